The summed E-state index contributed by atoms with van der Waals surface area (Å²) in [6.45, 7) is 0.448. The maximum Gasteiger partial charge on any atom is 0.257 e. The number of hydrogen-bond acceptors (Lipinski definition) is 6. The molecule has 0 aliphatic carbocycles. The fourth-order valence-electron chi connectivity index (χ4n) is 4.78. The van der Waals surface area contributed by atoms with Gasteiger partial charge in [-0.05, 0) is 18.2 Å². The quantitative estimate of drug-likeness (QED) is 0.431. The van der Waals surface area contributed by atoms with Crippen LogP contribution < -0.4 is 10.5 Å². The average molecular weight is 471 g/mol. The van der Waals surface area contributed by atoms with Crippen LogP contribution in [0.1, 0.15) is 28.4 Å². The molecule has 9 nitrogen and oxygen atoms in total. The molecule has 1 aliphatic rings. The van der Waals surface area contributed by atoms with Gasteiger partial charge in [0.1, 0.15) is 22.9 Å². The number of ether oxygens (including phenoxy) is 1. The van der Waals surface area contributed by atoms with E-state index in [9.17, 15) is 4.79 Å². The molecule has 0 fully saturated rings. The van der Waals surface area contributed by atoms with Crippen LogP contribution in [-0.4, -0.2) is 48.6 Å². The Morgan fingerprint density at radius 3 is 2.89 bits per heavy atom. The first kappa shape index (κ1) is 21.1. The Hall–Kier alpha value is -4.47. The van der Waals surface area contributed by atoms with E-state index in [1.54, 1.807) is 39.8 Å². The van der Waals surface area contributed by atoms with E-state index < -0.39 is 11.7 Å². The summed E-state index contributed by atoms with van der Waals surface area (Å²) in [6, 6.07) is 10.3. The smallest absolute Gasteiger partial charge is 0.257 e. The van der Waals surface area contributed by atoms with E-state index in [2.05, 4.69) is 15.1 Å². The first-order valence-electron chi connectivity index (χ1n) is 11.2. The highest BCUT2D eigenvalue weighted by molar-refractivity contribution is 5.98. The molecule has 10 heteroatoms. The molecule has 1 amide bonds. The summed E-state index contributed by atoms with van der Waals surface area (Å²) < 4.78 is 24.5. The lowest BCUT2D eigenvalue weighted by Gasteiger charge is -2.33. The summed E-state index contributed by atoms with van der Waals surface area (Å²) in [4.78, 5) is 23.5. The molecule has 3 aromatic heterocycles. The molecule has 176 valence electrons. The summed E-state index contributed by atoms with van der Waals surface area (Å²) in [5, 5.41) is 4.23. The van der Waals surface area contributed by atoms with Gasteiger partial charge in [0, 0.05) is 43.9 Å². The molecule has 0 unspecified atom stereocenters. The molecule has 1 aliphatic heterocycles. The number of hydrogen-bond donors (Lipinski definition) is 1. The standard InChI is InChI=1S/C25H22FN7O2/c1-31(20-6-8-35-23-9-14(3-4-15(20)23)19-5-7-29-32(19)2)25(34)16-10-21-18(11-17(16)26)30-24(27)22-12-28-13-33(21)22/h3-5,7,9-13,20H,6,8H2,1-2H3,(H2,27,30)/t20-/m1/s1. The van der Waals surface area contributed by atoms with Crippen LogP contribution in [0.25, 0.3) is 27.8 Å². The lowest BCUT2D eigenvalue weighted by Crippen LogP contribution is -2.34. The fourth-order valence-corrected chi connectivity index (χ4v) is 4.78. The normalized spacial score (nSPS) is 15.2. The van der Waals surface area contributed by atoms with Crippen molar-refractivity contribution in [2.75, 3.05) is 19.4 Å². The lowest BCUT2D eigenvalue weighted by atomic mass is 9.96. The number of carbonyl (C=O) groups is 1. The molecule has 4 heterocycles. The van der Waals surface area contributed by atoms with Crippen molar-refractivity contribution in [2.24, 2.45) is 7.05 Å². The highest BCUT2D eigenvalue weighted by atomic mass is 19.1. The molecule has 35 heavy (non-hydrogen) atoms. The Morgan fingerprint density at radius 1 is 1.23 bits per heavy atom. The van der Waals surface area contributed by atoms with Gasteiger partial charge in [0.25, 0.3) is 5.91 Å². The highest BCUT2D eigenvalue weighted by Crippen LogP contribution is 2.39. The molecule has 2 N–H and O–H groups in total. The van der Waals surface area contributed by atoms with Crippen molar-refractivity contribution in [2.45, 2.75) is 12.5 Å². The molecule has 0 saturated heterocycles. The van der Waals surface area contributed by atoms with E-state index in [4.69, 9.17) is 10.5 Å². The maximum absolute atomic E-state index is 15.1. The first-order chi connectivity index (χ1) is 16.9. The third-order valence-electron chi connectivity index (χ3n) is 6.62. The summed E-state index contributed by atoms with van der Waals surface area (Å²) in [6.07, 6.45) is 5.49. The van der Waals surface area contributed by atoms with Crippen molar-refractivity contribution >= 4 is 28.3 Å². The number of fused-ring (bicyclic) bond motifs is 4. The van der Waals surface area contributed by atoms with E-state index in [0.717, 1.165) is 16.8 Å². The molecule has 1 atom stereocenters. The van der Waals surface area contributed by atoms with Gasteiger partial charge in [-0.1, -0.05) is 12.1 Å². The number of nitrogens with two attached hydrogens (primary N) is 1. The van der Waals surface area contributed by atoms with Gasteiger partial charge in [0.2, 0.25) is 0 Å². The number of imidazole rings is 1. The van der Waals surface area contributed by atoms with Gasteiger partial charge in [-0.3, -0.25) is 13.9 Å². The predicted octanol–water partition coefficient (Wildman–Crippen LogP) is 3.60. The monoisotopic (exact) mass is 471 g/mol. The Morgan fingerprint density at radius 2 is 2.09 bits per heavy atom. The van der Waals surface area contributed by atoms with Crippen molar-refractivity contribution in [1.29, 1.82) is 0 Å². The Kier molecular flexibility index (Phi) is 4.70. The minimum absolute atomic E-state index is 0.0406. The number of rotatable bonds is 3. The van der Waals surface area contributed by atoms with E-state index >= 15 is 4.39 Å². The number of anilines is 1. The molecule has 0 saturated carbocycles. The maximum atomic E-state index is 15.1. The SMILES string of the molecule is CN(C(=O)c1cc2c(cc1F)nc(N)c1cncn12)[C@@H]1CCOc2cc(-c3ccnn3C)ccc21. The van der Waals surface area contributed by atoms with Gasteiger partial charge in [-0.25, -0.2) is 14.4 Å². The molecule has 0 bridgehead atoms. The largest absolute Gasteiger partial charge is 0.493 e. The number of aromatic nitrogens is 5. The number of amides is 1. The van der Waals surface area contributed by atoms with Crippen molar-refractivity contribution in [3.63, 3.8) is 0 Å². The van der Waals surface area contributed by atoms with Crippen LogP contribution >= 0.6 is 0 Å². The van der Waals surface area contributed by atoms with Crippen molar-refractivity contribution in [1.82, 2.24) is 29.0 Å². The van der Waals surface area contributed by atoms with Gasteiger partial charge < -0.3 is 15.4 Å². The van der Waals surface area contributed by atoms with Gasteiger partial charge in [-0.15, -0.1) is 0 Å². The van der Waals surface area contributed by atoms with Crippen molar-refractivity contribution in [3.8, 4) is 17.0 Å². The second kappa shape index (κ2) is 7.79. The number of carbonyl (C=O) groups excluding carboxylic acids is 1. The lowest BCUT2D eigenvalue weighted by molar-refractivity contribution is 0.0682. The number of benzene rings is 2. The van der Waals surface area contributed by atoms with Gasteiger partial charge in [-0.2, -0.15) is 5.10 Å². The van der Waals surface area contributed by atoms with Crippen LogP contribution in [0.4, 0.5) is 10.2 Å². The molecular formula is C25H22FN7O2. The number of nitrogen functional groups attached to an aromatic ring is 1. The zero-order valence-electron chi connectivity index (χ0n) is 19.1. The van der Waals surface area contributed by atoms with Gasteiger partial charge in [0.05, 0.1) is 47.5 Å². The second-order valence-electron chi connectivity index (χ2n) is 8.63. The van der Waals surface area contributed by atoms with Crippen molar-refractivity contribution < 1.29 is 13.9 Å². The topological polar surface area (TPSA) is 104 Å². The predicted molar refractivity (Wildman–Crippen MR) is 128 cm³/mol. The number of aryl methyl sites for hydroxylation is 1. The second-order valence-corrected chi connectivity index (χ2v) is 8.63. The molecule has 5 aromatic rings. The third kappa shape index (κ3) is 3.29. The van der Waals surface area contributed by atoms with Gasteiger partial charge in [0.15, 0.2) is 0 Å². The van der Waals surface area contributed by atoms with Gasteiger partial charge >= 0.3 is 0 Å². The highest BCUT2D eigenvalue weighted by Gasteiger charge is 2.30. The first-order valence-corrected chi connectivity index (χ1v) is 11.2. The van der Waals surface area contributed by atoms with Crippen molar-refractivity contribution in [3.05, 3.63) is 72.1 Å². The average Bonchev–Trinajstić information content (AvgIpc) is 3.52. The number of nitrogens with zero attached hydrogens (tertiary/aromatic N) is 6. The fraction of sp³-hybridized carbons (Fsp3) is 0.200. The van der Waals surface area contributed by atoms with E-state index in [1.807, 2.05) is 31.3 Å². The van der Waals surface area contributed by atoms with Crippen LogP contribution in [0.2, 0.25) is 0 Å². The van der Waals surface area contributed by atoms with Crippen LogP contribution in [0.15, 0.2) is 55.1 Å². The summed E-state index contributed by atoms with van der Waals surface area (Å²) in [5.41, 5.74) is 10.2. The molecule has 2 aromatic carbocycles. The third-order valence-corrected chi connectivity index (χ3v) is 6.62. The Labute approximate surface area is 199 Å². The Bertz CT molecular complexity index is 1620. The molecule has 6 rings (SSSR count). The van der Waals surface area contributed by atoms with E-state index in [1.165, 1.54) is 12.1 Å². The Balaban J connectivity index is 1.37. The van der Waals surface area contributed by atoms with E-state index in [0.29, 0.717) is 35.3 Å². The molecule has 0 radical (unpaired) electrons. The van der Waals surface area contributed by atoms with Crippen LogP contribution in [0, 0.1) is 5.82 Å². The minimum Gasteiger partial charge on any atom is -0.493 e. The summed E-state index contributed by atoms with van der Waals surface area (Å²) in [7, 11) is 3.57. The van der Waals surface area contributed by atoms with E-state index in [-0.39, 0.29) is 17.4 Å². The van der Waals surface area contributed by atoms with Crippen LogP contribution in [0.3, 0.4) is 0 Å². The zero-order valence-corrected chi connectivity index (χ0v) is 19.1. The zero-order chi connectivity index (χ0) is 24.3. The van der Waals surface area contributed by atoms with Crippen LogP contribution in [0.5, 0.6) is 5.75 Å². The molecule has 0 spiro atoms. The van der Waals surface area contributed by atoms with Crippen LogP contribution in [-0.2, 0) is 7.05 Å². The number of halogens is 1. The summed E-state index contributed by atoms with van der Waals surface area (Å²) >= 11 is 0. The molecular weight excluding hydrogens is 449 g/mol. The minimum atomic E-state index is -0.653. The summed E-state index contributed by atoms with van der Waals surface area (Å²) in [5.74, 6) is -0.129.